The molecular weight excluding hydrogens is 511 g/mol. The molecule has 1 atom stereocenters. The number of sulfone groups is 1. The number of rotatable bonds is 8. The summed E-state index contributed by atoms with van der Waals surface area (Å²) in [5.74, 6) is -1.25. The van der Waals surface area contributed by atoms with Gasteiger partial charge in [-0.1, -0.05) is 0 Å². The molecule has 1 saturated heterocycles. The van der Waals surface area contributed by atoms with Crippen molar-refractivity contribution in [3.63, 3.8) is 0 Å². The Balaban J connectivity index is 1.54. The zero-order valence-corrected chi connectivity index (χ0v) is 22.0. The number of hydrogen-bond acceptors (Lipinski definition) is 6. The van der Waals surface area contributed by atoms with Crippen LogP contribution in [0.15, 0.2) is 6.07 Å². The number of carbonyl (C=O) groups excluding carboxylic acids is 2. The summed E-state index contributed by atoms with van der Waals surface area (Å²) in [6.07, 6.45) is 0.667. The summed E-state index contributed by atoms with van der Waals surface area (Å²) in [7, 11) is -2.07. The van der Waals surface area contributed by atoms with Crippen LogP contribution in [-0.4, -0.2) is 67.4 Å². The second-order valence-electron chi connectivity index (χ2n) is 10.5. The largest absolute Gasteiger partial charge is 0.480 e. The van der Waals surface area contributed by atoms with Crippen LogP contribution in [-0.2, 0) is 20.8 Å². The Labute approximate surface area is 215 Å². The number of aromatic nitrogens is 1. The molecule has 2 heterocycles. The lowest BCUT2D eigenvalue weighted by Crippen LogP contribution is -2.53. The van der Waals surface area contributed by atoms with Crippen LogP contribution >= 0.6 is 0 Å². The van der Waals surface area contributed by atoms with Crippen molar-refractivity contribution in [2.24, 2.45) is 11.8 Å². The smallest absolute Gasteiger partial charge is 0.433 e. The second-order valence-corrected chi connectivity index (χ2v) is 12.8. The van der Waals surface area contributed by atoms with Gasteiger partial charge in [0.1, 0.15) is 17.3 Å². The first-order valence-electron chi connectivity index (χ1n) is 12.8. The quantitative estimate of drug-likeness (QED) is 0.536. The molecule has 37 heavy (non-hydrogen) atoms. The van der Waals surface area contributed by atoms with E-state index in [0.717, 1.165) is 38.9 Å². The lowest BCUT2D eigenvalue weighted by Gasteiger charge is -2.35. The molecule has 0 aromatic carbocycles. The normalized spacial score (nSPS) is 23.5. The van der Waals surface area contributed by atoms with Crippen LogP contribution in [0.4, 0.5) is 13.2 Å². The molecule has 2 amide bonds. The topological polar surface area (TPSA) is 106 Å². The van der Waals surface area contributed by atoms with E-state index in [-0.39, 0.29) is 34.6 Å². The minimum absolute atomic E-state index is 0.0268. The summed E-state index contributed by atoms with van der Waals surface area (Å²) < 4.78 is 70.3. The minimum Gasteiger partial charge on any atom is -0.480 e. The molecule has 1 N–H and O–H groups in total. The summed E-state index contributed by atoms with van der Waals surface area (Å²) in [4.78, 5) is 32.0. The van der Waals surface area contributed by atoms with Gasteiger partial charge in [-0.3, -0.25) is 9.59 Å². The van der Waals surface area contributed by atoms with Gasteiger partial charge >= 0.3 is 6.18 Å². The van der Waals surface area contributed by atoms with Gasteiger partial charge in [0, 0.05) is 13.1 Å². The van der Waals surface area contributed by atoms with Crippen LogP contribution in [0.3, 0.4) is 0 Å². The Bertz CT molecular complexity index is 1120. The third-order valence-corrected chi connectivity index (χ3v) is 10.2. The van der Waals surface area contributed by atoms with Gasteiger partial charge in [0.15, 0.2) is 9.84 Å². The van der Waals surface area contributed by atoms with Crippen molar-refractivity contribution >= 4 is 21.7 Å². The first-order chi connectivity index (χ1) is 17.4. The highest BCUT2D eigenvalue weighted by Gasteiger charge is 2.41. The van der Waals surface area contributed by atoms with Crippen molar-refractivity contribution in [2.45, 2.75) is 75.8 Å². The summed E-state index contributed by atoms with van der Waals surface area (Å²) in [5, 5.41) is 2.33. The number of hydrogen-bond donors (Lipinski definition) is 1. The maximum Gasteiger partial charge on any atom is 0.433 e. The highest BCUT2D eigenvalue weighted by molar-refractivity contribution is 7.92. The van der Waals surface area contributed by atoms with Gasteiger partial charge in [0.05, 0.1) is 18.1 Å². The zero-order chi connectivity index (χ0) is 27.0. The number of nitrogens with zero attached hydrogens (tertiary/aromatic N) is 2. The third kappa shape index (κ3) is 6.38. The predicted molar refractivity (Wildman–Crippen MR) is 130 cm³/mol. The molecule has 1 unspecified atom stereocenters. The Morgan fingerprint density at radius 3 is 2.30 bits per heavy atom. The summed E-state index contributed by atoms with van der Waals surface area (Å²) in [5.41, 5.74) is -1.30. The van der Waals surface area contributed by atoms with Crippen LogP contribution in [0.1, 0.15) is 73.0 Å². The highest BCUT2D eigenvalue weighted by Crippen LogP contribution is 2.37. The number of amides is 2. The van der Waals surface area contributed by atoms with Crippen molar-refractivity contribution in [3.05, 3.63) is 22.9 Å². The Hall–Kier alpha value is -2.37. The maximum atomic E-state index is 13.5. The standard InChI is InChI=1S/C25H34F3N3O5S/c1-15-13-19(25(26,27)28)29-23(36-2)20(15)22(32)30-21(24(33)31-11-3-4-12-31)17-7-9-18(10-8-17)37(34,35)14-16-5-6-16/h13,16-18,21H,3-12,14H2,1-2H3,(H,30,32). The van der Waals surface area contributed by atoms with Gasteiger partial charge < -0.3 is 15.0 Å². The number of halogens is 3. The molecule has 0 bridgehead atoms. The van der Waals surface area contributed by atoms with Crippen LogP contribution in [0.5, 0.6) is 5.88 Å². The van der Waals surface area contributed by atoms with Crippen molar-refractivity contribution in [1.29, 1.82) is 0 Å². The highest BCUT2D eigenvalue weighted by atomic mass is 32.2. The minimum atomic E-state index is -4.71. The van der Waals surface area contributed by atoms with Crippen LogP contribution < -0.4 is 10.1 Å². The van der Waals surface area contributed by atoms with Crippen LogP contribution in [0.2, 0.25) is 0 Å². The van der Waals surface area contributed by atoms with E-state index in [9.17, 15) is 31.2 Å². The van der Waals surface area contributed by atoms with E-state index in [1.807, 2.05) is 0 Å². The number of carbonyl (C=O) groups is 2. The van der Waals surface area contributed by atoms with E-state index in [4.69, 9.17) is 4.74 Å². The van der Waals surface area contributed by atoms with Crippen molar-refractivity contribution < 1.29 is 35.9 Å². The van der Waals surface area contributed by atoms with Gasteiger partial charge in [-0.15, -0.1) is 0 Å². The SMILES string of the molecule is COc1nc(C(F)(F)F)cc(C)c1C(=O)NC(C(=O)N1CCCC1)C1CCC(S(=O)(=O)CC2CC2)CC1. The number of pyridine rings is 1. The fraction of sp³-hybridized carbons (Fsp3) is 0.720. The van der Waals surface area contributed by atoms with Gasteiger partial charge in [-0.05, 0) is 81.8 Å². The molecule has 12 heteroatoms. The molecule has 3 aliphatic rings. The maximum absolute atomic E-state index is 13.5. The lowest BCUT2D eigenvalue weighted by molar-refractivity contribution is -0.141. The second kappa shape index (κ2) is 10.8. The summed E-state index contributed by atoms with van der Waals surface area (Å²) in [6.45, 7) is 2.50. The molecule has 3 fully saturated rings. The molecule has 2 aliphatic carbocycles. The van der Waals surface area contributed by atoms with E-state index in [0.29, 0.717) is 38.8 Å². The lowest BCUT2D eigenvalue weighted by atomic mass is 9.82. The Morgan fingerprint density at radius 2 is 1.76 bits per heavy atom. The molecular formula is C25H34F3N3O5S. The monoisotopic (exact) mass is 545 g/mol. The summed E-state index contributed by atoms with van der Waals surface area (Å²) >= 11 is 0. The van der Waals surface area contributed by atoms with E-state index in [1.165, 1.54) is 6.92 Å². The average Bonchev–Trinajstić information content (AvgIpc) is 3.47. The number of nitrogens with one attached hydrogen (secondary N) is 1. The zero-order valence-electron chi connectivity index (χ0n) is 21.1. The number of alkyl halides is 3. The summed E-state index contributed by atoms with van der Waals surface area (Å²) in [6, 6.07) is -0.130. The van der Waals surface area contributed by atoms with Gasteiger partial charge in [-0.2, -0.15) is 13.2 Å². The number of ether oxygens (including phenoxy) is 1. The van der Waals surface area contributed by atoms with Crippen molar-refractivity contribution in [2.75, 3.05) is 26.0 Å². The van der Waals surface area contributed by atoms with Gasteiger partial charge in [-0.25, -0.2) is 13.4 Å². The van der Waals surface area contributed by atoms with Crippen molar-refractivity contribution in [3.8, 4) is 5.88 Å². The van der Waals surface area contributed by atoms with E-state index in [1.54, 1.807) is 4.90 Å². The molecule has 1 aromatic rings. The van der Waals surface area contributed by atoms with Gasteiger partial charge in [0.2, 0.25) is 11.8 Å². The molecule has 4 rings (SSSR count). The number of likely N-dealkylation sites (tertiary alicyclic amines) is 1. The molecule has 1 aliphatic heterocycles. The van der Waals surface area contributed by atoms with Crippen LogP contribution in [0.25, 0.3) is 0 Å². The Kier molecular flexibility index (Phi) is 8.06. The van der Waals surface area contributed by atoms with E-state index in [2.05, 4.69) is 10.3 Å². The fourth-order valence-electron chi connectivity index (χ4n) is 5.47. The van der Waals surface area contributed by atoms with Gasteiger partial charge in [0.25, 0.3) is 5.91 Å². The molecule has 206 valence electrons. The van der Waals surface area contributed by atoms with Crippen LogP contribution in [0, 0.1) is 18.8 Å². The predicted octanol–water partition coefficient (Wildman–Crippen LogP) is 3.52. The molecule has 2 saturated carbocycles. The fourth-order valence-corrected chi connectivity index (χ4v) is 7.72. The first kappa shape index (κ1) is 27.7. The van der Waals surface area contributed by atoms with Crippen molar-refractivity contribution in [1.82, 2.24) is 15.2 Å². The Morgan fingerprint density at radius 1 is 1.14 bits per heavy atom. The average molecular weight is 546 g/mol. The molecule has 8 nitrogen and oxygen atoms in total. The number of methoxy groups -OCH3 is 1. The first-order valence-corrected chi connectivity index (χ1v) is 14.6. The van der Waals surface area contributed by atoms with E-state index < -0.39 is 44.8 Å². The molecule has 1 aromatic heterocycles. The molecule has 0 spiro atoms. The van der Waals surface area contributed by atoms with E-state index >= 15 is 0 Å². The molecule has 0 radical (unpaired) electrons. The number of aryl methyl sites for hydroxylation is 1. The third-order valence-electron chi connectivity index (χ3n) is 7.73.